The van der Waals surface area contributed by atoms with Gasteiger partial charge in [-0.2, -0.15) is 0 Å². The van der Waals surface area contributed by atoms with Gasteiger partial charge >= 0.3 is 11.9 Å². The predicted octanol–water partition coefficient (Wildman–Crippen LogP) is 9.98. The van der Waals surface area contributed by atoms with Crippen LogP contribution in [0, 0.1) is 11.8 Å². The molecule has 2 N–H and O–H groups in total. The summed E-state index contributed by atoms with van der Waals surface area (Å²) in [5, 5.41) is 1.80. The van der Waals surface area contributed by atoms with Crippen molar-refractivity contribution in [3.05, 3.63) is 132 Å². The van der Waals surface area contributed by atoms with Crippen LogP contribution in [0.4, 0.5) is 0 Å². The Bertz CT molecular complexity index is 2600. The van der Waals surface area contributed by atoms with E-state index >= 15 is 0 Å². The summed E-state index contributed by atoms with van der Waals surface area (Å²) in [5.74, 6) is -4.68. The van der Waals surface area contributed by atoms with Crippen molar-refractivity contribution in [2.75, 3.05) is 14.2 Å². The lowest BCUT2D eigenvalue weighted by atomic mass is 9.94. The lowest BCUT2D eigenvalue weighted by Gasteiger charge is -2.17. The number of fused-ring (bicyclic) bond motifs is 2. The summed E-state index contributed by atoms with van der Waals surface area (Å²) in [5.41, 5.74) is 4.40. The summed E-state index contributed by atoms with van der Waals surface area (Å²) < 4.78 is 22.4. The number of para-hydroxylation sites is 2. The summed E-state index contributed by atoms with van der Waals surface area (Å²) >= 11 is 23.3. The van der Waals surface area contributed by atoms with E-state index in [-0.39, 0.29) is 48.7 Å². The number of aromatic amines is 2. The Hall–Kier alpha value is -6.18. The molecule has 0 bridgehead atoms. The van der Waals surface area contributed by atoms with Crippen LogP contribution in [0.15, 0.2) is 109 Å². The highest BCUT2D eigenvalue weighted by Crippen LogP contribution is 2.33. The Kier molecular flexibility index (Phi) is 16.8. The number of hydrogen-bond donors (Lipinski definition) is 2. The second-order valence-corrected chi connectivity index (χ2v) is 17.1. The van der Waals surface area contributed by atoms with Crippen LogP contribution in [0.3, 0.4) is 0 Å². The zero-order chi connectivity index (χ0) is 46.6. The number of carbonyl (C=O) groups excluding carboxylic acids is 6. The van der Waals surface area contributed by atoms with Crippen molar-refractivity contribution in [1.29, 1.82) is 0 Å². The topological polar surface area (TPSA) is 171 Å². The van der Waals surface area contributed by atoms with Gasteiger partial charge in [0.25, 0.3) is 0 Å². The number of Topliss-reactive ketones (excluding diaryl/α,β-unsaturated/α-hetero) is 2. The first-order valence-electron chi connectivity index (χ1n) is 20.2. The first-order valence-corrected chi connectivity index (χ1v) is 21.9. The molecule has 336 valence electrons. The lowest BCUT2D eigenvalue weighted by molar-refractivity contribution is -0.141. The fourth-order valence-electron chi connectivity index (χ4n) is 7.07. The third kappa shape index (κ3) is 13.0. The first-order chi connectivity index (χ1) is 31.2. The molecule has 6 aromatic rings. The molecule has 0 saturated carbocycles. The second kappa shape index (κ2) is 22.6. The summed E-state index contributed by atoms with van der Waals surface area (Å²) in [4.78, 5) is 81.4. The fourth-order valence-corrected chi connectivity index (χ4v) is 7.43. The third-order valence-corrected chi connectivity index (χ3v) is 11.4. The normalized spacial score (nSPS) is 12.6. The summed E-state index contributed by atoms with van der Waals surface area (Å²) in [6, 6.07) is 24.4. The number of nitrogens with one attached hydrogen (secondary N) is 2. The number of esters is 2. The molecule has 2 heterocycles. The number of carbonyl (C=O) groups is 6. The molecule has 0 amide bonds. The number of hydrogen-bond acceptors (Lipinski definition) is 10. The molecule has 0 fully saturated rings. The summed E-state index contributed by atoms with van der Waals surface area (Å²) in [6.07, 6.45) is 8.44. The number of benzene rings is 4. The number of ketones is 4. The smallest absolute Gasteiger partial charge is 0.315 e. The van der Waals surface area contributed by atoms with E-state index < -0.39 is 63.0 Å². The standard InChI is InChI=1S/C49H42Cl4N2O10/c1-62-44-19-28(13-17-42(44)64-48(60)30(23-40(58)46(50)51)21-32-26-54-38-9-5-3-7-36(32)38)11-15-34(56)25-35(57)16-12-29-14-18-43(45(20-29)63-2)65-49(61)31(24-41(59)47(52)53)22-33-27-55-39-10-6-4-8-37(33)39/h3-20,26-27,30-31,46-47,54-55H,21-25H2,1-2H3/b15-11+,16-12+/t30-,31-/m1/s1. The average molecular weight is 961 g/mol. The molecule has 65 heavy (non-hydrogen) atoms. The van der Waals surface area contributed by atoms with Gasteiger partial charge in [-0.15, -0.1) is 0 Å². The Morgan fingerprint density at radius 1 is 0.554 bits per heavy atom. The molecule has 2 aromatic heterocycles. The van der Waals surface area contributed by atoms with Gasteiger partial charge in [0.1, 0.15) is 0 Å². The van der Waals surface area contributed by atoms with Crippen LogP contribution in [0.25, 0.3) is 34.0 Å². The van der Waals surface area contributed by atoms with E-state index in [9.17, 15) is 28.8 Å². The minimum atomic E-state index is -1.31. The number of aromatic nitrogens is 2. The van der Waals surface area contributed by atoms with Crippen molar-refractivity contribution in [3.63, 3.8) is 0 Å². The highest BCUT2D eigenvalue weighted by molar-refractivity contribution is 6.54. The Morgan fingerprint density at radius 2 is 0.954 bits per heavy atom. The van der Waals surface area contributed by atoms with Crippen LogP contribution < -0.4 is 18.9 Å². The minimum Gasteiger partial charge on any atom is -0.493 e. The number of ether oxygens (including phenoxy) is 4. The second-order valence-electron chi connectivity index (χ2n) is 14.9. The van der Waals surface area contributed by atoms with Crippen molar-refractivity contribution in [3.8, 4) is 23.0 Å². The molecular weight excluding hydrogens is 918 g/mol. The maximum absolute atomic E-state index is 13.5. The van der Waals surface area contributed by atoms with Gasteiger partial charge in [0.05, 0.1) is 32.5 Å². The van der Waals surface area contributed by atoms with Crippen LogP contribution in [0.1, 0.15) is 41.5 Å². The van der Waals surface area contributed by atoms with Gasteiger partial charge in [0.2, 0.25) is 0 Å². The van der Waals surface area contributed by atoms with Crippen molar-refractivity contribution in [2.24, 2.45) is 11.8 Å². The minimum absolute atomic E-state index is 0.0862. The molecule has 12 nitrogen and oxygen atoms in total. The number of halogens is 4. The van der Waals surface area contributed by atoms with E-state index in [2.05, 4.69) is 9.97 Å². The van der Waals surface area contributed by atoms with Gasteiger partial charge in [0, 0.05) is 47.0 Å². The van der Waals surface area contributed by atoms with Gasteiger partial charge < -0.3 is 28.9 Å². The zero-order valence-electron chi connectivity index (χ0n) is 35.0. The average Bonchev–Trinajstić information content (AvgIpc) is 3.91. The number of methoxy groups -OCH3 is 2. The molecule has 0 saturated heterocycles. The van der Waals surface area contributed by atoms with Crippen molar-refractivity contribution in [1.82, 2.24) is 9.97 Å². The third-order valence-electron chi connectivity index (χ3n) is 10.4. The molecule has 0 aliphatic heterocycles. The van der Waals surface area contributed by atoms with Crippen molar-refractivity contribution in [2.45, 2.75) is 41.8 Å². The van der Waals surface area contributed by atoms with Crippen molar-refractivity contribution >= 4 is 115 Å². The highest BCUT2D eigenvalue weighted by atomic mass is 35.5. The molecular formula is C49H42Cl4N2O10. The molecule has 0 aliphatic carbocycles. The summed E-state index contributed by atoms with van der Waals surface area (Å²) in [6.45, 7) is 0. The van der Waals surface area contributed by atoms with Gasteiger partial charge in [-0.05, 0) is 83.6 Å². The molecule has 0 unspecified atom stereocenters. The van der Waals surface area contributed by atoms with E-state index in [1.54, 1.807) is 36.7 Å². The van der Waals surface area contributed by atoms with E-state index in [1.165, 1.54) is 50.7 Å². The van der Waals surface area contributed by atoms with E-state index in [4.69, 9.17) is 65.4 Å². The Labute approximate surface area is 393 Å². The predicted molar refractivity (Wildman–Crippen MR) is 251 cm³/mol. The van der Waals surface area contributed by atoms with Crippen LogP contribution in [-0.2, 0) is 41.6 Å². The summed E-state index contributed by atoms with van der Waals surface area (Å²) in [7, 11) is 2.77. The SMILES string of the molecule is COc1cc(/C=C/C(=O)CC(=O)/C=C/c2ccc(OC(=O)[C@@H](CC(=O)C(Cl)Cl)Cc3c[nH]c4ccccc34)c(OC)c2)ccc1OC(=O)[C@@H](CC(=O)C(Cl)Cl)Cc1c[nH]c2ccccc12. The van der Waals surface area contributed by atoms with Crippen molar-refractivity contribution < 1.29 is 47.7 Å². The molecule has 2 atom stereocenters. The first kappa shape index (κ1) is 48.3. The Balaban J connectivity index is 1.05. The maximum Gasteiger partial charge on any atom is 0.315 e. The van der Waals surface area contributed by atoms with Gasteiger partial charge in [0.15, 0.2) is 55.8 Å². The van der Waals surface area contributed by atoms with Gasteiger partial charge in [-0.25, -0.2) is 0 Å². The highest BCUT2D eigenvalue weighted by Gasteiger charge is 2.30. The molecule has 0 aliphatic rings. The van der Waals surface area contributed by atoms with Crippen LogP contribution in [0.2, 0.25) is 0 Å². The van der Waals surface area contributed by atoms with Crippen LogP contribution in [0.5, 0.6) is 23.0 Å². The van der Waals surface area contributed by atoms with Gasteiger partial charge in [-0.1, -0.05) is 107 Å². The zero-order valence-corrected chi connectivity index (χ0v) is 38.0. The monoisotopic (exact) mass is 958 g/mol. The lowest BCUT2D eigenvalue weighted by Crippen LogP contribution is -2.27. The molecule has 0 radical (unpaired) electrons. The van der Waals surface area contributed by atoms with Crippen LogP contribution >= 0.6 is 46.4 Å². The fraction of sp³-hybridized carbons (Fsp3) is 0.224. The Morgan fingerprint density at radius 3 is 1.34 bits per heavy atom. The van der Waals surface area contributed by atoms with E-state index in [0.29, 0.717) is 11.1 Å². The number of alkyl halides is 4. The number of allylic oxidation sites excluding steroid dienone is 2. The van der Waals surface area contributed by atoms with Gasteiger partial charge in [-0.3, -0.25) is 28.8 Å². The molecule has 6 rings (SSSR count). The van der Waals surface area contributed by atoms with Crippen LogP contribution in [-0.4, -0.2) is 68.9 Å². The number of H-pyrrole nitrogens is 2. The van der Waals surface area contributed by atoms with E-state index in [1.807, 2.05) is 48.5 Å². The molecule has 0 spiro atoms. The number of rotatable bonds is 22. The molecule has 4 aromatic carbocycles. The maximum atomic E-state index is 13.5. The largest absolute Gasteiger partial charge is 0.493 e. The quantitative estimate of drug-likeness (QED) is 0.0219. The molecule has 16 heteroatoms. The van der Waals surface area contributed by atoms with E-state index in [0.717, 1.165) is 32.9 Å².